The van der Waals surface area contributed by atoms with Crippen molar-refractivity contribution >= 4 is 45.0 Å². The minimum absolute atomic E-state index is 0. The first-order chi connectivity index (χ1) is 15.7. The minimum atomic E-state index is 0. The minimum Gasteiger partial charge on any atom is -0.497 e. The molecule has 1 aromatic heterocycles. The number of nitrogens with zero attached hydrogens (tertiary/aromatic N) is 3. The Bertz CT molecular complexity index is 1040. The number of amides is 1. The zero-order chi connectivity index (χ0) is 22.3. The van der Waals surface area contributed by atoms with Crippen LogP contribution in [-0.4, -0.2) is 69.4 Å². The van der Waals surface area contributed by atoms with E-state index in [4.69, 9.17) is 19.2 Å². The SMILES string of the molecule is COc1ccc(CC(=O)N(CCCN2CCOCC2)c2nc3ccc(OC)cc3s2)cc1.Cl. The molecule has 1 saturated heterocycles. The number of ether oxygens (including phenoxy) is 3. The highest BCUT2D eigenvalue weighted by molar-refractivity contribution is 7.22. The van der Waals surface area contributed by atoms with Crippen LogP contribution in [0.5, 0.6) is 11.5 Å². The van der Waals surface area contributed by atoms with E-state index in [9.17, 15) is 4.79 Å². The summed E-state index contributed by atoms with van der Waals surface area (Å²) in [6.07, 6.45) is 1.20. The van der Waals surface area contributed by atoms with E-state index in [2.05, 4.69) is 4.90 Å². The van der Waals surface area contributed by atoms with Crippen molar-refractivity contribution in [1.82, 2.24) is 9.88 Å². The molecule has 0 spiro atoms. The summed E-state index contributed by atoms with van der Waals surface area (Å²) in [5.41, 5.74) is 1.83. The second-order valence-corrected chi connectivity index (χ2v) is 8.72. The number of halogens is 1. The molecule has 2 heterocycles. The van der Waals surface area contributed by atoms with Crippen molar-refractivity contribution in [2.75, 3.05) is 58.5 Å². The number of benzene rings is 2. The third-order valence-corrected chi connectivity index (χ3v) is 6.63. The Labute approximate surface area is 204 Å². The summed E-state index contributed by atoms with van der Waals surface area (Å²) < 4.78 is 17.0. The third-order valence-electron chi connectivity index (χ3n) is 5.59. The maximum absolute atomic E-state index is 13.4. The highest BCUT2D eigenvalue weighted by Crippen LogP contribution is 2.32. The molecule has 0 unspecified atom stereocenters. The van der Waals surface area contributed by atoms with E-state index in [1.54, 1.807) is 14.2 Å². The van der Waals surface area contributed by atoms with Crippen LogP contribution in [0.15, 0.2) is 42.5 Å². The van der Waals surface area contributed by atoms with Crippen LogP contribution < -0.4 is 14.4 Å². The number of carbonyl (C=O) groups excluding carboxylic acids is 1. The fraction of sp³-hybridized carbons (Fsp3) is 0.417. The van der Waals surface area contributed by atoms with Gasteiger partial charge in [0.1, 0.15) is 11.5 Å². The predicted molar refractivity (Wildman–Crippen MR) is 134 cm³/mol. The van der Waals surface area contributed by atoms with E-state index < -0.39 is 0 Å². The van der Waals surface area contributed by atoms with E-state index in [0.717, 1.165) is 71.7 Å². The molecule has 0 radical (unpaired) electrons. The van der Waals surface area contributed by atoms with Gasteiger partial charge in [-0.3, -0.25) is 14.6 Å². The average molecular weight is 492 g/mol. The lowest BCUT2D eigenvalue weighted by atomic mass is 10.1. The lowest BCUT2D eigenvalue weighted by Crippen LogP contribution is -2.39. The molecule has 0 atom stereocenters. The molecule has 0 aliphatic carbocycles. The Morgan fingerprint density at radius 1 is 1.09 bits per heavy atom. The summed E-state index contributed by atoms with van der Waals surface area (Å²) in [7, 11) is 3.29. The summed E-state index contributed by atoms with van der Waals surface area (Å²) in [5, 5.41) is 0.730. The Morgan fingerprint density at radius 3 is 2.48 bits per heavy atom. The second-order valence-electron chi connectivity index (χ2n) is 7.71. The molecule has 0 N–H and O–H groups in total. The fourth-order valence-corrected chi connectivity index (χ4v) is 4.79. The topological polar surface area (TPSA) is 64.1 Å². The standard InChI is InChI=1S/C24H29N3O4S.ClH/c1-29-19-6-4-18(5-7-19)16-23(28)27(11-3-10-26-12-14-31-15-13-26)24-25-21-9-8-20(30-2)17-22(21)32-24;/h4-9,17H,3,10-16H2,1-2H3;1H. The number of aromatic nitrogens is 1. The van der Waals surface area contributed by atoms with E-state index in [0.29, 0.717) is 13.0 Å². The molecule has 4 rings (SSSR count). The largest absolute Gasteiger partial charge is 0.497 e. The molecular formula is C24H30ClN3O4S. The van der Waals surface area contributed by atoms with Crippen molar-refractivity contribution in [1.29, 1.82) is 0 Å². The van der Waals surface area contributed by atoms with Gasteiger partial charge in [-0.15, -0.1) is 12.4 Å². The number of rotatable bonds is 9. The number of fused-ring (bicyclic) bond motifs is 1. The Kier molecular flexibility index (Phi) is 9.31. The first kappa shape index (κ1) is 25.2. The summed E-state index contributed by atoms with van der Waals surface area (Å²) in [4.78, 5) is 22.3. The van der Waals surface area contributed by atoms with Gasteiger partial charge in [0, 0.05) is 26.2 Å². The second kappa shape index (κ2) is 12.2. The van der Waals surface area contributed by atoms with Crippen LogP contribution in [-0.2, 0) is 16.0 Å². The number of anilines is 1. The number of methoxy groups -OCH3 is 2. The lowest BCUT2D eigenvalue weighted by Gasteiger charge is -2.27. The number of morpholine rings is 1. The summed E-state index contributed by atoms with van der Waals surface area (Å²) in [6, 6.07) is 13.4. The highest BCUT2D eigenvalue weighted by atomic mass is 35.5. The molecule has 1 amide bonds. The smallest absolute Gasteiger partial charge is 0.233 e. The Morgan fingerprint density at radius 2 is 1.79 bits per heavy atom. The van der Waals surface area contributed by atoms with E-state index in [1.165, 1.54) is 11.3 Å². The van der Waals surface area contributed by atoms with Gasteiger partial charge in [0.2, 0.25) is 5.91 Å². The normalized spacial score (nSPS) is 14.0. The molecule has 7 nitrogen and oxygen atoms in total. The summed E-state index contributed by atoms with van der Waals surface area (Å²) >= 11 is 1.53. The van der Waals surface area contributed by atoms with Gasteiger partial charge in [0.15, 0.2) is 5.13 Å². The van der Waals surface area contributed by atoms with E-state index in [-0.39, 0.29) is 18.3 Å². The third kappa shape index (κ3) is 6.57. The Hall–Kier alpha value is -2.39. The first-order valence-electron chi connectivity index (χ1n) is 10.8. The maximum atomic E-state index is 13.4. The van der Waals surface area contributed by atoms with Crippen LogP contribution in [0.2, 0.25) is 0 Å². The predicted octanol–water partition coefficient (Wildman–Crippen LogP) is 4.03. The number of hydrogen-bond acceptors (Lipinski definition) is 7. The molecule has 0 bridgehead atoms. The van der Waals surface area contributed by atoms with Gasteiger partial charge in [0.05, 0.1) is 44.1 Å². The van der Waals surface area contributed by atoms with Crippen LogP contribution >= 0.6 is 23.7 Å². The lowest BCUT2D eigenvalue weighted by molar-refractivity contribution is -0.118. The van der Waals surface area contributed by atoms with Crippen molar-refractivity contribution in [3.63, 3.8) is 0 Å². The molecule has 3 aromatic rings. The summed E-state index contributed by atoms with van der Waals surface area (Å²) in [6.45, 7) is 5.01. The fourth-order valence-electron chi connectivity index (χ4n) is 3.75. The van der Waals surface area contributed by atoms with Gasteiger partial charge < -0.3 is 14.2 Å². The van der Waals surface area contributed by atoms with Crippen molar-refractivity contribution in [2.24, 2.45) is 0 Å². The summed E-state index contributed by atoms with van der Waals surface area (Å²) in [5.74, 6) is 1.61. The van der Waals surface area contributed by atoms with Crippen molar-refractivity contribution in [3.05, 3.63) is 48.0 Å². The maximum Gasteiger partial charge on any atom is 0.233 e. The Balaban J connectivity index is 0.00000306. The number of carbonyl (C=O) groups is 1. The van der Waals surface area contributed by atoms with Crippen LogP contribution in [0.25, 0.3) is 10.2 Å². The van der Waals surface area contributed by atoms with Gasteiger partial charge in [-0.2, -0.15) is 0 Å². The van der Waals surface area contributed by atoms with Gasteiger partial charge >= 0.3 is 0 Å². The quantitative estimate of drug-likeness (QED) is 0.450. The van der Waals surface area contributed by atoms with Gasteiger partial charge in [-0.1, -0.05) is 23.5 Å². The van der Waals surface area contributed by atoms with Crippen molar-refractivity contribution in [3.8, 4) is 11.5 Å². The molecule has 33 heavy (non-hydrogen) atoms. The van der Waals surface area contributed by atoms with E-state index in [1.807, 2.05) is 47.4 Å². The van der Waals surface area contributed by atoms with Crippen LogP contribution in [0.3, 0.4) is 0 Å². The monoisotopic (exact) mass is 491 g/mol. The average Bonchev–Trinajstić information content (AvgIpc) is 3.25. The van der Waals surface area contributed by atoms with Crippen LogP contribution in [0.4, 0.5) is 5.13 Å². The molecule has 1 aliphatic rings. The van der Waals surface area contributed by atoms with Crippen LogP contribution in [0.1, 0.15) is 12.0 Å². The van der Waals surface area contributed by atoms with Gasteiger partial charge in [0.25, 0.3) is 0 Å². The first-order valence-corrected chi connectivity index (χ1v) is 11.7. The molecule has 0 saturated carbocycles. The van der Waals surface area contributed by atoms with E-state index >= 15 is 0 Å². The molecule has 1 aliphatic heterocycles. The number of hydrogen-bond donors (Lipinski definition) is 0. The molecule has 2 aromatic carbocycles. The molecule has 178 valence electrons. The number of thiazole rings is 1. The molecule has 1 fully saturated rings. The van der Waals surface area contributed by atoms with Gasteiger partial charge in [-0.05, 0) is 42.3 Å². The van der Waals surface area contributed by atoms with Gasteiger partial charge in [-0.25, -0.2) is 4.98 Å². The zero-order valence-electron chi connectivity index (χ0n) is 19.0. The highest BCUT2D eigenvalue weighted by Gasteiger charge is 2.21. The molecular weight excluding hydrogens is 462 g/mol. The van der Waals surface area contributed by atoms with Crippen LogP contribution in [0, 0.1) is 0 Å². The zero-order valence-corrected chi connectivity index (χ0v) is 20.6. The van der Waals surface area contributed by atoms with Crippen molar-refractivity contribution < 1.29 is 19.0 Å². The van der Waals surface area contributed by atoms with Crippen molar-refractivity contribution in [2.45, 2.75) is 12.8 Å². The molecule has 9 heteroatoms.